The fourth-order valence-corrected chi connectivity index (χ4v) is 6.26. The lowest BCUT2D eigenvalue weighted by Gasteiger charge is -2.47. The smallest absolute Gasteiger partial charge is 0.234 e. The van der Waals surface area contributed by atoms with E-state index in [-0.39, 0.29) is 5.78 Å². The highest BCUT2D eigenvalue weighted by Gasteiger charge is 2.55. The first kappa shape index (κ1) is 23.8. The Morgan fingerprint density at radius 1 is 0.757 bits per heavy atom. The van der Waals surface area contributed by atoms with Crippen LogP contribution in [0.1, 0.15) is 23.6 Å². The summed E-state index contributed by atoms with van der Waals surface area (Å²) in [6.45, 7) is 1.54. The van der Waals surface area contributed by atoms with Crippen LogP contribution in [0.15, 0.2) is 113 Å². The number of carbonyl (C=O) groups is 1. The number of Topliss-reactive ketones (excluding diaryl/α,β-unsaturated/α-hetero) is 1. The number of anilines is 2. The lowest BCUT2D eigenvalue weighted by Crippen LogP contribution is -2.54. The molecule has 0 aliphatic carbocycles. The summed E-state index contributed by atoms with van der Waals surface area (Å²) in [5, 5.41) is 15.4. The molecule has 2 aliphatic rings. The minimum atomic E-state index is -1.01. The Kier molecular flexibility index (Phi) is 6.03. The first-order valence-electron chi connectivity index (χ1n) is 11.6. The fraction of sp³-hybridized carbons (Fsp3) is 0.0690. The molecule has 1 spiro atoms. The fourth-order valence-electron chi connectivity index (χ4n) is 4.59. The Balaban J connectivity index is 1.68. The number of fused-ring (bicyclic) bond motifs is 2. The van der Waals surface area contributed by atoms with Crippen molar-refractivity contribution >= 4 is 62.9 Å². The van der Waals surface area contributed by atoms with Gasteiger partial charge in [-0.3, -0.25) is 4.79 Å². The van der Waals surface area contributed by atoms with Gasteiger partial charge < -0.3 is 0 Å². The van der Waals surface area contributed by atoms with E-state index in [4.69, 9.17) is 33.4 Å². The zero-order valence-electron chi connectivity index (χ0n) is 19.7. The van der Waals surface area contributed by atoms with Gasteiger partial charge in [0.1, 0.15) is 5.71 Å². The van der Waals surface area contributed by atoms with E-state index in [0.717, 1.165) is 28.1 Å². The summed E-state index contributed by atoms with van der Waals surface area (Å²) in [5.74, 6) is -0.110. The highest BCUT2D eigenvalue weighted by Crippen LogP contribution is 2.55. The number of ketones is 1. The molecule has 2 aliphatic heterocycles. The summed E-state index contributed by atoms with van der Waals surface area (Å²) in [6, 6.07) is 33.1. The van der Waals surface area contributed by atoms with E-state index in [2.05, 4.69) is 6.07 Å². The second-order valence-corrected chi connectivity index (χ2v) is 10.6. The first-order valence-corrected chi connectivity index (χ1v) is 13.2. The van der Waals surface area contributed by atoms with Crippen molar-refractivity contribution in [2.45, 2.75) is 11.9 Å². The Labute approximate surface area is 229 Å². The lowest BCUT2D eigenvalue weighted by molar-refractivity contribution is -0.110. The molecule has 4 aromatic rings. The van der Waals surface area contributed by atoms with Crippen LogP contribution >= 0.6 is 35.0 Å². The molecule has 0 bridgehead atoms. The third kappa shape index (κ3) is 3.93. The molecule has 4 aromatic carbocycles. The topological polar surface area (TPSA) is 48.3 Å². The Bertz CT molecular complexity index is 1580. The van der Waals surface area contributed by atoms with E-state index in [1.54, 1.807) is 12.1 Å². The molecule has 0 radical (unpaired) electrons. The van der Waals surface area contributed by atoms with Gasteiger partial charge in [0.25, 0.3) is 0 Å². The van der Waals surface area contributed by atoms with E-state index in [9.17, 15) is 4.79 Å². The van der Waals surface area contributed by atoms with E-state index in [1.165, 1.54) is 18.7 Å². The molecule has 0 amide bonds. The van der Waals surface area contributed by atoms with E-state index >= 15 is 0 Å². The van der Waals surface area contributed by atoms with Crippen molar-refractivity contribution in [2.24, 2.45) is 10.2 Å². The van der Waals surface area contributed by atoms with Gasteiger partial charge in [0.15, 0.2) is 10.8 Å². The maximum absolute atomic E-state index is 12.7. The Hall–Kier alpha value is -3.58. The molecular weight excluding hydrogens is 523 g/mol. The third-order valence-electron chi connectivity index (χ3n) is 6.22. The predicted octanol–water partition coefficient (Wildman–Crippen LogP) is 7.53. The molecule has 1 atom stereocenters. The van der Waals surface area contributed by atoms with Gasteiger partial charge in [-0.15, -0.1) is 0 Å². The SMILES string of the molecule is CC(=O)C1=NN(c2ccccc2)[C@]2(S1)c1ccccc1C(c1cc(Cl)ccc1Cl)=NN2c1ccccc1. The normalized spacial score (nSPS) is 18.5. The molecule has 0 N–H and O–H groups in total. The highest BCUT2D eigenvalue weighted by atomic mass is 35.5. The van der Waals surface area contributed by atoms with Crippen LogP contribution in [-0.2, 0) is 9.79 Å². The van der Waals surface area contributed by atoms with E-state index < -0.39 is 4.99 Å². The maximum atomic E-state index is 12.7. The summed E-state index contributed by atoms with van der Waals surface area (Å²) in [6.07, 6.45) is 0. The summed E-state index contributed by atoms with van der Waals surface area (Å²) in [7, 11) is 0. The van der Waals surface area contributed by atoms with Gasteiger partial charge in [-0.25, -0.2) is 10.0 Å². The number of rotatable bonds is 4. The quantitative estimate of drug-likeness (QED) is 0.267. The second kappa shape index (κ2) is 9.38. The first-order chi connectivity index (χ1) is 18.0. The highest BCUT2D eigenvalue weighted by molar-refractivity contribution is 8.17. The molecule has 8 heteroatoms. The molecule has 2 heterocycles. The zero-order valence-corrected chi connectivity index (χ0v) is 22.0. The summed E-state index contributed by atoms with van der Waals surface area (Å²) in [5.41, 5.74) is 4.88. The molecule has 0 saturated heterocycles. The molecule has 0 aromatic heterocycles. The number of hydrogen-bond donors (Lipinski definition) is 0. The average Bonchev–Trinajstić information content (AvgIpc) is 3.33. The van der Waals surface area contributed by atoms with Gasteiger partial charge >= 0.3 is 0 Å². The summed E-state index contributed by atoms with van der Waals surface area (Å²) in [4.78, 5) is 11.7. The summed E-state index contributed by atoms with van der Waals surface area (Å²) >= 11 is 14.5. The molecule has 0 unspecified atom stereocenters. The number of halogens is 2. The molecule has 0 saturated carbocycles. The van der Waals surface area contributed by atoms with Crippen molar-refractivity contribution in [3.05, 3.63) is 130 Å². The Morgan fingerprint density at radius 3 is 2.00 bits per heavy atom. The molecule has 5 nitrogen and oxygen atoms in total. The van der Waals surface area contributed by atoms with Gasteiger partial charge in [0.2, 0.25) is 4.99 Å². The standard InChI is InChI=1S/C29H20Cl2N4OS/c1-19(36)28-33-35(22-12-6-3-7-13-22)29(37-28)25-15-9-8-14-23(25)27(24-18-20(30)16-17-26(24)31)32-34(29)21-10-4-2-5-11-21/h2-18H,1H3/t29-/m0/s1. The lowest BCUT2D eigenvalue weighted by atomic mass is 9.93. The van der Waals surface area contributed by atoms with Gasteiger partial charge in [-0.2, -0.15) is 10.2 Å². The number of benzene rings is 4. The largest absolute Gasteiger partial charge is 0.292 e. The molecule has 182 valence electrons. The number of carbonyl (C=O) groups excluding carboxylic acids is 1. The van der Waals surface area contributed by atoms with E-state index in [1.807, 2.05) is 94.9 Å². The van der Waals surface area contributed by atoms with Gasteiger partial charge in [-0.1, -0.05) is 83.9 Å². The van der Waals surface area contributed by atoms with Crippen molar-refractivity contribution in [2.75, 3.05) is 10.0 Å². The summed E-state index contributed by atoms with van der Waals surface area (Å²) < 4.78 is 0. The molecule has 0 fully saturated rings. The number of thioether (sulfide) groups is 1. The van der Waals surface area contributed by atoms with Crippen molar-refractivity contribution < 1.29 is 4.79 Å². The number of para-hydroxylation sites is 2. The minimum absolute atomic E-state index is 0.110. The van der Waals surface area contributed by atoms with Gasteiger partial charge in [-0.05, 0) is 54.2 Å². The van der Waals surface area contributed by atoms with Crippen LogP contribution in [0.5, 0.6) is 0 Å². The number of hydrazone groups is 2. The van der Waals surface area contributed by atoms with Crippen molar-refractivity contribution in [1.82, 2.24) is 0 Å². The average molecular weight is 543 g/mol. The molecular formula is C29H20Cl2N4OS. The maximum Gasteiger partial charge on any atom is 0.234 e. The van der Waals surface area contributed by atoms with Gasteiger partial charge in [0, 0.05) is 28.6 Å². The number of hydrogen-bond acceptors (Lipinski definition) is 6. The molecule has 37 heavy (non-hydrogen) atoms. The van der Waals surface area contributed by atoms with Crippen LogP contribution in [0.25, 0.3) is 0 Å². The zero-order chi connectivity index (χ0) is 25.6. The Morgan fingerprint density at radius 2 is 1.35 bits per heavy atom. The minimum Gasteiger partial charge on any atom is -0.292 e. The van der Waals surface area contributed by atoms with Crippen LogP contribution < -0.4 is 10.0 Å². The van der Waals surface area contributed by atoms with Crippen LogP contribution in [0.4, 0.5) is 11.4 Å². The van der Waals surface area contributed by atoms with Crippen LogP contribution in [0, 0.1) is 0 Å². The van der Waals surface area contributed by atoms with Crippen LogP contribution in [0.2, 0.25) is 10.0 Å². The molecule has 6 rings (SSSR count). The van der Waals surface area contributed by atoms with Gasteiger partial charge in [0.05, 0.1) is 16.4 Å². The van der Waals surface area contributed by atoms with Crippen LogP contribution in [0.3, 0.4) is 0 Å². The second-order valence-electron chi connectivity index (χ2n) is 8.58. The predicted molar refractivity (Wildman–Crippen MR) is 154 cm³/mol. The monoisotopic (exact) mass is 542 g/mol. The van der Waals surface area contributed by atoms with E-state index in [0.29, 0.717) is 20.8 Å². The third-order valence-corrected chi connectivity index (χ3v) is 8.20. The van der Waals surface area contributed by atoms with Crippen molar-refractivity contribution in [3.8, 4) is 0 Å². The number of nitrogens with zero attached hydrogens (tertiary/aromatic N) is 4. The van der Waals surface area contributed by atoms with Crippen molar-refractivity contribution in [1.29, 1.82) is 0 Å². The van der Waals surface area contributed by atoms with Crippen molar-refractivity contribution in [3.63, 3.8) is 0 Å². The van der Waals surface area contributed by atoms with Crippen LogP contribution in [-0.4, -0.2) is 16.5 Å².